The number of nitrogens with one attached hydrogen (secondary N) is 1. The third-order valence-corrected chi connectivity index (χ3v) is 4.88. The molecule has 0 saturated heterocycles. The van der Waals surface area contributed by atoms with Crippen molar-refractivity contribution in [2.24, 2.45) is 0 Å². The van der Waals surface area contributed by atoms with E-state index in [4.69, 9.17) is 11.6 Å². The lowest BCUT2D eigenvalue weighted by Crippen LogP contribution is -2.37. The number of carbonyl (C=O) groups excluding carboxylic acids is 1. The molecule has 1 amide bonds. The molecule has 0 aliphatic rings. The highest BCUT2D eigenvalue weighted by molar-refractivity contribution is 7.88. The summed E-state index contributed by atoms with van der Waals surface area (Å²) in [7, 11) is -3.42. The lowest BCUT2D eigenvalue weighted by molar-refractivity contribution is 0.0951. The van der Waals surface area contributed by atoms with Gasteiger partial charge in [0.05, 0.1) is 29.1 Å². The summed E-state index contributed by atoms with van der Waals surface area (Å²) >= 11 is 5.97. The van der Waals surface area contributed by atoms with Crippen LogP contribution >= 0.6 is 11.6 Å². The molecule has 0 aliphatic carbocycles. The Kier molecular flexibility index (Phi) is 6.30. The number of amides is 1. The Morgan fingerprint density at radius 1 is 1.21 bits per heavy atom. The van der Waals surface area contributed by atoms with E-state index in [0.717, 1.165) is 6.26 Å². The highest BCUT2D eigenvalue weighted by Gasteiger charge is 2.18. The predicted molar refractivity (Wildman–Crippen MR) is 93.3 cm³/mol. The zero-order valence-electron chi connectivity index (χ0n) is 13.1. The molecular formula is C16H18ClN3O3S. The van der Waals surface area contributed by atoms with Crippen LogP contribution in [0.1, 0.15) is 16.1 Å². The van der Waals surface area contributed by atoms with E-state index in [0.29, 0.717) is 16.3 Å². The summed E-state index contributed by atoms with van der Waals surface area (Å²) in [5, 5.41) is 3.03. The molecule has 0 fully saturated rings. The number of hydrogen-bond donors (Lipinski definition) is 1. The fourth-order valence-electron chi connectivity index (χ4n) is 2.07. The molecule has 0 aliphatic heterocycles. The van der Waals surface area contributed by atoms with Crippen molar-refractivity contribution in [2.75, 3.05) is 19.3 Å². The van der Waals surface area contributed by atoms with Crippen LogP contribution in [-0.2, 0) is 16.6 Å². The molecule has 0 atom stereocenters. The minimum Gasteiger partial charge on any atom is -0.351 e. The standard InChI is InChI=1S/C16H18ClN3O3S/c1-24(22,23)20(12-13-6-4-5-9-18-13)11-10-19-16(21)14-7-2-3-8-15(14)17/h2-9H,10-12H2,1H3,(H,19,21). The first-order valence-electron chi connectivity index (χ1n) is 7.25. The number of benzene rings is 1. The maximum Gasteiger partial charge on any atom is 0.252 e. The monoisotopic (exact) mass is 367 g/mol. The summed E-state index contributed by atoms with van der Waals surface area (Å²) < 4.78 is 25.1. The summed E-state index contributed by atoms with van der Waals surface area (Å²) in [6.45, 7) is 0.469. The van der Waals surface area contributed by atoms with Crippen molar-refractivity contribution in [3.05, 3.63) is 64.9 Å². The number of hydrogen-bond acceptors (Lipinski definition) is 4. The van der Waals surface area contributed by atoms with E-state index >= 15 is 0 Å². The molecule has 24 heavy (non-hydrogen) atoms. The van der Waals surface area contributed by atoms with E-state index in [1.165, 1.54) is 4.31 Å². The van der Waals surface area contributed by atoms with Crippen LogP contribution in [0, 0.1) is 0 Å². The summed E-state index contributed by atoms with van der Waals surface area (Å²) in [5.41, 5.74) is 0.996. The van der Waals surface area contributed by atoms with Crippen LogP contribution in [0.3, 0.4) is 0 Å². The van der Waals surface area contributed by atoms with Gasteiger partial charge in [0.15, 0.2) is 0 Å². The molecule has 0 unspecified atom stereocenters. The lowest BCUT2D eigenvalue weighted by atomic mass is 10.2. The first kappa shape index (κ1) is 18.4. The number of aromatic nitrogens is 1. The van der Waals surface area contributed by atoms with Crippen molar-refractivity contribution in [3.63, 3.8) is 0 Å². The van der Waals surface area contributed by atoms with Crippen molar-refractivity contribution < 1.29 is 13.2 Å². The molecule has 0 radical (unpaired) electrons. The Hall–Kier alpha value is -1.96. The quantitative estimate of drug-likeness (QED) is 0.810. The molecule has 0 saturated carbocycles. The van der Waals surface area contributed by atoms with E-state index in [1.54, 1.807) is 48.7 Å². The van der Waals surface area contributed by atoms with Gasteiger partial charge in [0, 0.05) is 19.3 Å². The Balaban J connectivity index is 1.96. The van der Waals surface area contributed by atoms with Gasteiger partial charge in [-0.25, -0.2) is 8.42 Å². The normalized spacial score (nSPS) is 11.5. The Morgan fingerprint density at radius 3 is 2.54 bits per heavy atom. The SMILES string of the molecule is CS(=O)(=O)N(CCNC(=O)c1ccccc1Cl)Cc1ccccn1. The Morgan fingerprint density at radius 2 is 1.92 bits per heavy atom. The summed E-state index contributed by atoms with van der Waals surface area (Å²) in [4.78, 5) is 16.2. The topological polar surface area (TPSA) is 79.4 Å². The summed E-state index contributed by atoms with van der Waals surface area (Å²) in [6, 6.07) is 12.0. The smallest absolute Gasteiger partial charge is 0.252 e. The zero-order chi connectivity index (χ0) is 17.6. The van der Waals surface area contributed by atoms with Crippen molar-refractivity contribution in [1.29, 1.82) is 0 Å². The van der Waals surface area contributed by atoms with Gasteiger partial charge in [-0.1, -0.05) is 29.8 Å². The molecule has 0 bridgehead atoms. The molecule has 2 rings (SSSR count). The summed E-state index contributed by atoms with van der Waals surface area (Å²) in [5.74, 6) is -0.341. The van der Waals surface area contributed by atoms with Crippen LogP contribution < -0.4 is 5.32 Å². The van der Waals surface area contributed by atoms with E-state index in [9.17, 15) is 13.2 Å². The molecule has 1 N–H and O–H groups in total. The summed E-state index contributed by atoms with van der Waals surface area (Å²) in [6.07, 6.45) is 2.74. The maximum atomic E-state index is 12.1. The van der Waals surface area contributed by atoms with Gasteiger partial charge in [0.25, 0.3) is 5.91 Å². The van der Waals surface area contributed by atoms with E-state index in [-0.39, 0.29) is 25.5 Å². The van der Waals surface area contributed by atoms with Crippen LogP contribution in [0.15, 0.2) is 48.7 Å². The lowest BCUT2D eigenvalue weighted by Gasteiger charge is -2.19. The third-order valence-electron chi connectivity index (χ3n) is 3.30. The fraction of sp³-hybridized carbons (Fsp3) is 0.250. The highest BCUT2D eigenvalue weighted by Crippen LogP contribution is 2.14. The van der Waals surface area contributed by atoms with Crippen LogP contribution in [0.4, 0.5) is 0 Å². The Labute approximate surface area is 146 Å². The molecule has 8 heteroatoms. The van der Waals surface area contributed by atoms with Gasteiger partial charge in [-0.15, -0.1) is 0 Å². The number of rotatable bonds is 7. The van der Waals surface area contributed by atoms with Gasteiger partial charge >= 0.3 is 0 Å². The maximum absolute atomic E-state index is 12.1. The zero-order valence-corrected chi connectivity index (χ0v) is 14.7. The molecule has 2 aromatic rings. The first-order valence-corrected chi connectivity index (χ1v) is 9.48. The number of nitrogens with zero attached hydrogens (tertiary/aromatic N) is 2. The van der Waals surface area contributed by atoms with Gasteiger partial charge in [0.2, 0.25) is 10.0 Å². The highest BCUT2D eigenvalue weighted by atomic mass is 35.5. The first-order chi connectivity index (χ1) is 11.4. The van der Waals surface area contributed by atoms with Gasteiger partial charge in [-0.05, 0) is 24.3 Å². The average molecular weight is 368 g/mol. The van der Waals surface area contributed by atoms with Crippen molar-refractivity contribution in [3.8, 4) is 0 Å². The van der Waals surface area contributed by atoms with E-state index in [2.05, 4.69) is 10.3 Å². The number of carbonyl (C=O) groups is 1. The van der Waals surface area contributed by atoms with Crippen molar-refractivity contribution in [1.82, 2.24) is 14.6 Å². The van der Waals surface area contributed by atoms with Gasteiger partial charge in [-0.3, -0.25) is 9.78 Å². The molecule has 6 nitrogen and oxygen atoms in total. The molecular weight excluding hydrogens is 350 g/mol. The number of halogens is 1. The average Bonchev–Trinajstić information content (AvgIpc) is 2.54. The van der Waals surface area contributed by atoms with Crippen LogP contribution in [0.2, 0.25) is 5.02 Å². The van der Waals surface area contributed by atoms with E-state index < -0.39 is 10.0 Å². The van der Waals surface area contributed by atoms with Crippen molar-refractivity contribution in [2.45, 2.75) is 6.54 Å². The molecule has 1 aromatic heterocycles. The van der Waals surface area contributed by atoms with Gasteiger partial charge in [0.1, 0.15) is 0 Å². The third kappa shape index (κ3) is 5.30. The predicted octanol–water partition coefficient (Wildman–Crippen LogP) is 1.93. The van der Waals surface area contributed by atoms with E-state index in [1.807, 2.05) is 0 Å². The minimum absolute atomic E-state index is 0.144. The minimum atomic E-state index is -3.42. The molecule has 128 valence electrons. The van der Waals surface area contributed by atoms with Crippen LogP contribution in [0.5, 0.6) is 0 Å². The second-order valence-corrected chi connectivity index (χ2v) is 7.54. The van der Waals surface area contributed by atoms with Crippen molar-refractivity contribution >= 4 is 27.5 Å². The van der Waals surface area contributed by atoms with Gasteiger partial charge < -0.3 is 5.32 Å². The molecule has 1 heterocycles. The van der Waals surface area contributed by atoms with Gasteiger partial charge in [-0.2, -0.15) is 4.31 Å². The van der Waals surface area contributed by atoms with Crippen LogP contribution in [0.25, 0.3) is 0 Å². The Bertz CT molecular complexity index is 797. The van der Waals surface area contributed by atoms with Crippen LogP contribution in [-0.4, -0.2) is 43.0 Å². The number of sulfonamides is 1. The molecule has 1 aromatic carbocycles. The second-order valence-electron chi connectivity index (χ2n) is 5.15. The fourth-order valence-corrected chi connectivity index (χ4v) is 3.08. The number of pyridine rings is 1. The second kappa shape index (κ2) is 8.23. The largest absolute Gasteiger partial charge is 0.351 e. The molecule has 0 spiro atoms.